The van der Waals surface area contributed by atoms with E-state index >= 15 is 0 Å². The van der Waals surface area contributed by atoms with E-state index in [1.807, 2.05) is 19.2 Å². The third kappa shape index (κ3) is 1.81. The van der Waals surface area contributed by atoms with Gasteiger partial charge in [0.25, 0.3) is 0 Å². The Morgan fingerprint density at radius 1 is 1.16 bits per heavy atom. The van der Waals surface area contributed by atoms with Crippen LogP contribution < -0.4 is 0 Å². The zero-order valence-electron chi connectivity index (χ0n) is 10.1. The van der Waals surface area contributed by atoms with Crippen molar-refractivity contribution >= 4 is 22.6 Å². The third-order valence-electron chi connectivity index (χ3n) is 3.07. The van der Waals surface area contributed by atoms with Gasteiger partial charge in [-0.25, -0.2) is 4.98 Å². The van der Waals surface area contributed by atoms with E-state index in [4.69, 9.17) is 11.6 Å². The van der Waals surface area contributed by atoms with E-state index in [1.54, 1.807) is 10.6 Å². The molecule has 1 aromatic heterocycles. The van der Waals surface area contributed by atoms with Gasteiger partial charge in [-0.3, -0.25) is 0 Å². The largest absolute Gasteiger partial charge is 0.508 e. The number of phenolic OH excluding ortho intramolecular Hbond substituents is 2. The Hall–Kier alpha value is -2.20. The summed E-state index contributed by atoms with van der Waals surface area (Å²) in [6.45, 7) is 0. The van der Waals surface area contributed by atoms with Crippen molar-refractivity contribution in [3.05, 3.63) is 41.4 Å². The molecule has 96 valence electrons. The molecule has 0 spiro atoms. The molecule has 0 saturated heterocycles. The van der Waals surface area contributed by atoms with Gasteiger partial charge in [-0.1, -0.05) is 17.7 Å². The van der Waals surface area contributed by atoms with E-state index in [1.165, 1.54) is 18.2 Å². The molecule has 0 unspecified atom stereocenters. The summed E-state index contributed by atoms with van der Waals surface area (Å²) >= 11 is 6.16. The molecule has 0 bridgehead atoms. The van der Waals surface area contributed by atoms with Crippen molar-refractivity contribution in [3.8, 4) is 22.9 Å². The van der Waals surface area contributed by atoms with Crippen LogP contribution in [0.2, 0.25) is 5.02 Å². The number of hydrogen-bond acceptors (Lipinski definition) is 3. The zero-order valence-corrected chi connectivity index (χ0v) is 10.9. The summed E-state index contributed by atoms with van der Waals surface area (Å²) in [4.78, 5) is 4.45. The summed E-state index contributed by atoms with van der Waals surface area (Å²) in [5.41, 5.74) is 2.00. The van der Waals surface area contributed by atoms with Gasteiger partial charge in [-0.05, 0) is 30.3 Å². The summed E-state index contributed by atoms with van der Waals surface area (Å²) < 4.78 is 1.80. The number of fused-ring (bicyclic) bond motifs is 1. The highest BCUT2D eigenvalue weighted by molar-refractivity contribution is 6.35. The maximum absolute atomic E-state index is 9.91. The van der Waals surface area contributed by atoms with Gasteiger partial charge in [0.2, 0.25) is 0 Å². The van der Waals surface area contributed by atoms with Gasteiger partial charge >= 0.3 is 0 Å². The molecule has 3 aromatic rings. The highest BCUT2D eigenvalue weighted by Crippen LogP contribution is 2.34. The van der Waals surface area contributed by atoms with Crippen molar-refractivity contribution in [1.29, 1.82) is 0 Å². The predicted molar refractivity (Wildman–Crippen MR) is 74.5 cm³/mol. The molecule has 3 rings (SSSR count). The standard InChI is InChI=1S/C14H11ClN2O2/c1-17-13-10(15)3-2-4-11(13)16-14(17)9-7-8(18)5-6-12(9)19/h2-7,18-19H,1H3. The number of nitrogens with zero attached hydrogens (tertiary/aromatic N) is 2. The first-order chi connectivity index (χ1) is 9.08. The molecule has 0 radical (unpaired) electrons. The van der Waals surface area contributed by atoms with Crippen LogP contribution in [0.5, 0.6) is 11.5 Å². The van der Waals surface area contributed by atoms with Gasteiger partial charge in [-0.15, -0.1) is 0 Å². The van der Waals surface area contributed by atoms with Crippen LogP contribution in [-0.4, -0.2) is 19.8 Å². The average molecular weight is 275 g/mol. The van der Waals surface area contributed by atoms with Crippen molar-refractivity contribution in [2.45, 2.75) is 0 Å². The number of aromatic hydroxyl groups is 2. The maximum atomic E-state index is 9.91. The minimum atomic E-state index is 0.0623. The smallest absolute Gasteiger partial charge is 0.144 e. The number of hydrogen-bond donors (Lipinski definition) is 2. The molecule has 1 heterocycles. The number of imidazole rings is 1. The lowest BCUT2D eigenvalue weighted by atomic mass is 10.2. The molecular formula is C14H11ClN2O2. The van der Waals surface area contributed by atoms with Crippen molar-refractivity contribution in [2.24, 2.45) is 7.05 Å². The Morgan fingerprint density at radius 3 is 2.68 bits per heavy atom. The second-order valence-electron chi connectivity index (χ2n) is 4.30. The molecule has 4 nitrogen and oxygen atoms in total. The minimum absolute atomic E-state index is 0.0623. The highest BCUT2D eigenvalue weighted by atomic mass is 35.5. The van der Waals surface area contributed by atoms with E-state index in [-0.39, 0.29) is 11.5 Å². The van der Waals surface area contributed by atoms with Crippen LogP contribution in [0.25, 0.3) is 22.4 Å². The van der Waals surface area contributed by atoms with Crippen LogP contribution >= 0.6 is 11.6 Å². The van der Waals surface area contributed by atoms with Gasteiger partial charge in [0.05, 0.1) is 21.6 Å². The molecule has 0 atom stereocenters. The monoisotopic (exact) mass is 274 g/mol. The molecule has 2 N–H and O–H groups in total. The summed E-state index contributed by atoms with van der Waals surface area (Å²) in [5.74, 6) is 0.690. The Bertz CT molecular complexity index is 780. The lowest BCUT2D eigenvalue weighted by Gasteiger charge is -2.06. The second-order valence-corrected chi connectivity index (χ2v) is 4.71. The van der Waals surface area contributed by atoms with E-state index in [2.05, 4.69) is 4.98 Å². The van der Waals surface area contributed by atoms with Gasteiger partial charge in [0.15, 0.2) is 0 Å². The number of aryl methyl sites for hydroxylation is 1. The number of aromatic nitrogens is 2. The van der Waals surface area contributed by atoms with E-state index in [0.717, 1.165) is 11.0 Å². The second kappa shape index (κ2) is 4.17. The van der Waals surface area contributed by atoms with Gasteiger partial charge in [0.1, 0.15) is 17.3 Å². The Kier molecular flexibility index (Phi) is 2.61. The lowest BCUT2D eigenvalue weighted by molar-refractivity contribution is 0.461. The first-order valence-electron chi connectivity index (χ1n) is 5.71. The average Bonchev–Trinajstić information content (AvgIpc) is 2.71. The molecular weight excluding hydrogens is 264 g/mol. The Balaban J connectivity index is 2.34. The summed E-state index contributed by atoms with van der Waals surface area (Å²) in [7, 11) is 1.82. The third-order valence-corrected chi connectivity index (χ3v) is 3.37. The predicted octanol–water partition coefficient (Wildman–Crippen LogP) is 3.30. The zero-order chi connectivity index (χ0) is 13.6. The molecule has 5 heteroatoms. The van der Waals surface area contributed by atoms with Crippen LogP contribution in [0.3, 0.4) is 0 Å². The normalized spacial score (nSPS) is 11.1. The highest BCUT2D eigenvalue weighted by Gasteiger charge is 2.15. The lowest BCUT2D eigenvalue weighted by Crippen LogP contribution is -1.93. The summed E-state index contributed by atoms with van der Waals surface area (Å²) in [5, 5.41) is 20.1. The molecule has 0 aliphatic carbocycles. The van der Waals surface area contributed by atoms with E-state index < -0.39 is 0 Å². The fourth-order valence-corrected chi connectivity index (χ4v) is 2.46. The van der Waals surface area contributed by atoms with Gasteiger partial charge in [-0.2, -0.15) is 0 Å². The first-order valence-corrected chi connectivity index (χ1v) is 6.09. The van der Waals surface area contributed by atoms with Crippen molar-refractivity contribution < 1.29 is 10.2 Å². The van der Waals surface area contributed by atoms with Crippen molar-refractivity contribution in [3.63, 3.8) is 0 Å². The topological polar surface area (TPSA) is 58.3 Å². The van der Waals surface area contributed by atoms with Crippen LogP contribution in [0, 0.1) is 0 Å². The Labute approximate surface area is 114 Å². The van der Waals surface area contributed by atoms with Gasteiger partial charge in [0, 0.05) is 7.05 Å². The van der Waals surface area contributed by atoms with Crippen LogP contribution in [-0.2, 0) is 7.05 Å². The molecule has 19 heavy (non-hydrogen) atoms. The fraction of sp³-hybridized carbons (Fsp3) is 0.0714. The number of halogens is 1. The molecule has 0 aliphatic rings. The molecule has 2 aromatic carbocycles. The minimum Gasteiger partial charge on any atom is -0.508 e. The number of rotatable bonds is 1. The summed E-state index contributed by atoms with van der Waals surface area (Å²) in [6.07, 6.45) is 0. The molecule has 0 aliphatic heterocycles. The maximum Gasteiger partial charge on any atom is 0.144 e. The Morgan fingerprint density at radius 2 is 1.95 bits per heavy atom. The number of phenols is 2. The number of benzene rings is 2. The van der Waals surface area contributed by atoms with Crippen LogP contribution in [0.1, 0.15) is 0 Å². The quantitative estimate of drug-likeness (QED) is 0.669. The molecule has 0 saturated carbocycles. The van der Waals surface area contributed by atoms with Crippen molar-refractivity contribution in [1.82, 2.24) is 9.55 Å². The van der Waals surface area contributed by atoms with Crippen molar-refractivity contribution in [2.75, 3.05) is 0 Å². The van der Waals surface area contributed by atoms with E-state index in [9.17, 15) is 10.2 Å². The molecule has 0 amide bonds. The first kappa shape index (κ1) is 11.9. The van der Waals surface area contributed by atoms with Crippen LogP contribution in [0.15, 0.2) is 36.4 Å². The SMILES string of the molecule is Cn1c(-c2cc(O)ccc2O)nc2cccc(Cl)c21. The molecule has 0 fully saturated rings. The number of para-hydroxylation sites is 1. The van der Waals surface area contributed by atoms with Gasteiger partial charge < -0.3 is 14.8 Å². The fourth-order valence-electron chi connectivity index (χ4n) is 2.17. The summed E-state index contributed by atoms with van der Waals surface area (Å²) in [6, 6.07) is 9.80. The van der Waals surface area contributed by atoms with E-state index in [0.29, 0.717) is 16.4 Å². The van der Waals surface area contributed by atoms with Crippen LogP contribution in [0.4, 0.5) is 0 Å².